The van der Waals surface area contributed by atoms with Crippen molar-refractivity contribution in [3.63, 3.8) is 0 Å². The largest absolute Gasteiger partial charge is 0.481 e. The van der Waals surface area contributed by atoms with Crippen LogP contribution < -0.4 is 0 Å². The van der Waals surface area contributed by atoms with Crippen molar-refractivity contribution >= 4 is 29.4 Å². The number of unbranched alkanes of at least 4 members (excludes halogenated alkanes) is 3. The highest BCUT2D eigenvalue weighted by Crippen LogP contribution is 2.30. The van der Waals surface area contributed by atoms with Gasteiger partial charge in [-0.2, -0.15) is 0 Å². The van der Waals surface area contributed by atoms with Gasteiger partial charge in [0.2, 0.25) is 5.91 Å². The number of carbonyl (C=O) groups excluding carboxylic acids is 2. The molecule has 3 rings (SSSR count). The second-order valence-corrected chi connectivity index (χ2v) is 10.7. The van der Waals surface area contributed by atoms with Gasteiger partial charge >= 0.3 is 5.97 Å². The van der Waals surface area contributed by atoms with Gasteiger partial charge in [-0.3, -0.25) is 14.4 Å². The second-order valence-electron chi connectivity index (χ2n) is 10.3. The van der Waals surface area contributed by atoms with Crippen LogP contribution in [0.2, 0.25) is 5.02 Å². The molecule has 0 aliphatic carbocycles. The summed E-state index contributed by atoms with van der Waals surface area (Å²) < 4.78 is 0. The second kappa shape index (κ2) is 17.2. The van der Waals surface area contributed by atoms with E-state index < -0.39 is 5.97 Å². The zero-order valence-corrected chi connectivity index (χ0v) is 24.6. The number of aliphatic carboxylic acids is 1. The third-order valence-electron chi connectivity index (χ3n) is 7.13. The SMILES string of the molecule is CCCCN(CCCCC(=O)N(CCCCC(=O)O)C(c1ccccc1)c1ccccc1)C(=O)c1ccc(Cl)cc1. The van der Waals surface area contributed by atoms with Crippen LogP contribution in [-0.2, 0) is 9.59 Å². The van der Waals surface area contributed by atoms with Crippen LogP contribution >= 0.6 is 11.6 Å². The first-order valence-corrected chi connectivity index (χ1v) is 14.9. The molecule has 0 saturated heterocycles. The lowest BCUT2D eigenvalue weighted by Gasteiger charge is -2.33. The molecule has 3 aromatic carbocycles. The lowest BCUT2D eigenvalue weighted by atomic mass is 9.96. The van der Waals surface area contributed by atoms with Crippen molar-refractivity contribution in [2.75, 3.05) is 19.6 Å². The number of amides is 2. The first-order chi connectivity index (χ1) is 19.9. The van der Waals surface area contributed by atoms with Crippen molar-refractivity contribution in [1.82, 2.24) is 9.80 Å². The summed E-state index contributed by atoms with van der Waals surface area (Å²) in [5.74, 6) is -0.816. The Labute approximate surface area is 248 Å². The highest BCUT2D eigenvalue weighted by molar-refractivity contribution is 6.30. The molecule has 2 amide bonds. The molecule has 41 heavy (non-hydrogen) atoms. The molecule has 0 bridgehead atoms. The molecular weight excluding hydrogens is 536 g/mol. The Bertz CT molecular complexity index is 1180. The van der Waals surface area contributed by atoms with E-state index in [0.717, 1.165) is 24.0 Å². The highest BCUT2D eigenvalue weighted by Gasteiger charge is 2.26. The predicted octanol–water partition coefficient (Wildman–Crippen LogP) is 7.63. The van der Waals surface area contributed by atoms with Gasteiger partial charge in [0.1, 0.15) is 0 Å². The molecule has 0 aliphatic heterocycles. The van der Waals surface area contributed by atoms with Gasteiger partial charge in [-0.15, -0.1) is 0 Å². The average molecular weight is 577 g/mol. The number of hydrogen-bond acceptors (Lipinski definition) is 3. The van der Waals surface area contributed by atoms with E-state index in [0.29, 0.717) is 62.3 Å². The average Bonchev–Trinajstić information content (AvgIpc) is 2.99. The van der Waals surface area contributed by atoms with Gasteiger partial charge < -0.3 is 14.9 Å². The molecule has 0 radical (unpaired) electrons. The first-order valence-electron chi connectivity index (χ1n) is 14.6. The molecular formula is C34H41ClN2O4. The molecule has 3 aromatic rings. The molecule has 0 atom stereocenters. The molecule has 0 spiro atoms. The normalized spacial score (nSPS) is 10.9. The van der Waals surface area contributed by atoms with Gasteiger partial charge in [0.25, 0.3) is 5.91 Å². The fourth-order valence-electron chi connectivity index (χ4n) is 4.94. The Morgan fingerprint density at radius 1 is 0.707 bits per heavy atom. The summed E-state index contributed by atoms with van der Waals surface area (Å²) in [5, 5.41) is 9.70. The van der Waals surface area contributed by atoms with Gasteiger partial charge in [-0.1, -0.05) is 85.6 Å². The van der Waals surface area contributed by atoms with Gasteiger partial charge in [-0.05, 0) is 67.5 Å². The maximum absolute atomic E-state index is 13.8. The minimum absolute atomic E-state index is 0.0188. The third-order valence-corrected chi connectivity index (χ3v) is 7.38. The third kappa shape index (κ3) is 10.4. The van der Waals surface area contributed by atoms with Gasteiger partial charge in [0.15, 0.2) is 0 Å². The van der Waals surface area contributed by atoms with E-state index in [1.807, 2.05) is 70.5 Å². The number of carbonyl (C=O) groups is 3. The summed E-state index contributed by atoms with van der Waals surface area (Å²) >= 11 is 6.00. The van der Waals surface area contributed by atoms with Crippen LogP contribution in [0.3, 0.4) is 0 Å². The molecule has 0 saturated carbocycles. The monoisotopic (exact) mass is 576 g/mol. The molecule has 0 unspecified atom stereocenters. The summed E-state index contributed by atoms with van der Waals surface area (Å²) in [6.45, 7) is 3.82. The van der Waals surface area contributed by atoms with E-state index >= 15 is 0 Å². The molecule has 7 heteroatoms. The van der Waals surface area contributed by atoms with Crippen molar-refractivity contribution in [3.8, 4) is 0 Å². The van der Waals surface area contributed by atoms with Crippen LogP contribution in [0.25, 0.3) is 0 Å². The standard InChI is InChI=1S/C34H41ClN2O4/c1-2-3-24-36(34(41)29-20-22-30(35)23-21-29)25-12-10-18-31(38)37(26-13-11-19-32(39)40)33(27-14-6-4-7-15-27)28-16-8-5-9-17-28/h4-9,14-17,20-23,33H,2-3,10-13,18-19,24-26H2,1H3,(H,39,40). The number of halogens is 1. The fraction of sp³-hybridized carbons (Fsp3) is 0.382. The van der Waals surface area contributed by atoms with Crippen molar-refractivity contribution in [3.05, 3.63) is 107 Å². The number of hydrogen-bond donors (Lipinski definition) is 1. The molecule has 6 nitrogen and oxygen atoms in total. The summed E-state index contributed by atoms with van der Waals surface area (Å²) in [6.07, 6.45) is 4.81. The predicted molar refractivity (Wildman–Crippen MR) is 164 cm³/mol. The Balaban J connectivity index is 1.71. The molecule has 0 aromatic heterocycles. The van der Waals surface area contributed by atoms with Crippen LogP contribution in [0, 0.1) is 0 Å². The summed E-state index contributed by atoms with van der Waals surface area (Å²) in [4.78, 5) is 41.8. The first kappa shape index (κ1) is 31.9. The van der Waals surface area contributed by atoms with E-state index in [9.17, 15) is 14.4 Å². The topological polar surface area (TPSA) is 77.9 Å². The van der Waals surface area contributed by atoms with Gasteiger partial charge in [0.05, 0.1) is 6.04 Å². The minimum Gasteiger partial charge on any atom is -0.481 e. The van der Waals surface area contributed by atoms with Crippen molar-refractivity contribution < 1.29 is 19.5 Å². The molecule has 218 valence electrons. The van der Waals surface area contributed by atoms with E-state index in [-0.39, 0.29) is 24.3 Å². The molecule has 0 aliphatic rings. The summed E-state index contributed by atoms with van der Waals surface area (Å²) in [5.41, 5.74) is 2.65. The number of carboxylic acids is 1. The lowest BCUT2D eigenvalue weighted by Crippen LogP contribution is -2.37. The quantitative estimate of drug-likeness (QED) is 0.168. The maximum Gasteiger partial charge on any atom is 0.303 e. The zero-order chi connectivity index (χ0) is 29.5. The molecule has 0 heterocycles. The number of nitrogens with zero attached hydrogens (tertiary/aromatic N) is 2. The minimum atomic E-state index is -0.827. The van der Waals surface area contributed by atoms with Crippen molar-refractivity contribution in [2.45, 2.75) is 64.3 Å². The number of benzene rings is 3. The number of rotatable bonds is 17. The van der Waals surface area contributed by atoms with Gasteiger partial charge in [0, 0.05) is 43.1 Å². The molecule has 0 fully saturated rings. The van der Waals surface area contributed by atoms with E-state index in [1.165, 1.54) is 0 Å². The van der Waals surface area contributed by atoms with Crippen LogP contribution in [-0.4, -0.2) is 52.3 Å². The smallest absolute Gasteiger partial charge is 0.303 e. The number of carboxylic acid groups (broad SMARTS) is 1. The van der Waals surface area contributed by atoms with Gasteiger partial charge in [-0.25, -0.2) is 0 Å². The fourth-order valence-corrected chi connectivity index (χ4v) is 5.07. The Kier molecular flexibility index (Phi) is 13.4. The summed E-state index contributed by atoms with van der Waals surface area (Å²) in [6, 6.07) is 26.6. The zero-order valence-electron chi connectivity index (χ0n) is 23.9. The lowest BCUT2D eigenvalue weighted by molar-refractivity contribution is -0.137. The van der Waals surface area contributed by atoms with Crippen LogP contribution in [0.15, 0.2) is 84.9 Å². The Morgan fingerprint density at radius 2 is 1.24 bits per heavy atom. The van der Waals surface area contributed by atoms with E-state index in [4.69, 9.17) is 16.7 Å². The Hall–Kier alpha value is -3.64. The highest BCUT2D eigenvalue weighted by atomic mass is 35.5. The Morgan fingerprint density at radius 3 is 1.80 bits per heavy atom. The maximum atomic E-state index is 13.8. The van der Waals surface area contributed by atoms with Crippen molar-refractivity contribution in [2.24, 2.45) is 0 Å². The van der Waals surface area contributed by atoms with Crippen LogP contribution in [0.4, 0.5) is 0 Å². The van der Waals surface area contributed by atoms with E-state index in [1.54, 1.807) is 24.3 Å². The summed E-state index contributed by atoms with van der Waals surface area (Å²) in [7, 11) is 0. The van der Waals surface area contributed by atoms with E-state index in [2.05, 4.69) is 6.92 Å². The van der Waals surface area contributed by atoms with Crippen molar-refractivity contribution in [1.29, 1.82) is 0 Å². The van der Waals surface area contributed by atoms with Crippen LogP contribution in [0.5, 0.6) is 0 Å². The molecule has 1 N–H and O–H groups in total. The van der Waals surface area contributed by atoms with Crippen LogP contribution in [0.1, 0.15) is 85.8 Å².